The van der Waals surface area contributed by atoms with E-state index in [1.165, 1.54) is 13.0 Å². The first kappa shape index (κ1) is 25.4. The number of anilines is 1. The fraction of sp³-hybridized carbons (Fsp3) is 0.273. The van der Waals surface area contributed by atoms with Gasteiger partial charge in [-0.05, 0) is 55.5 Å². The van der Waals surface area contributed by atoms with E-state index < -0.39 is 32.6 Å². The summed E-state index contributed by atoms with van der Waals surface area (Å²) in [5.74, 6) is -0.541. The maximum absolute atomic E-state index is 12.9. The van der Waals surface area contributed by atoms with Crippen LogP contribution in [-0.2, 0) is 25.8 Å². The number of rotatable bonds is 8. The molecule has 182 valence electrons. The minimum Gasteiger partial charge on any atom is -0.324 e. The standard InChI is InChI=1S/C22H22F3N3O5S/c1-15(29)16-5-7-18(8-6-16)26-21(30)14-33-27-19-9-11-28(12-10-19)34(31,32)20-4-2-3-17(13-20)22(23,24)25/h2-9,13,27H,10-12,14H2,1H3,(H,26,30). The van der Waals surface area contributed by atoms with Crippen LogP contribution in [0.2, 0.25) is 0 Å². The van der Waals surface area contributed by atoms with E-state index in [0.717, 1.165) is 22.5 Å². The normalized spacial score (nSPS) is 14.9. The highest BCUT2D eigenvalue weighted by atomic mass is 32.2. The van der Waals surface area contributed by atoms with Gasteiger partial charge in [-0.2, -0.15) is 17.5 Å². The molecule has 1 amide bonds. The summed E-state index contributed by atoms with van der Waals surface area (Å²) in [5, 5.41) is 2.60. The highest BCUT2D eigenvalue weighted by Gasteiger charge is 2.33. The number of hydroxylamine groups is 1. The van der Waals surface area contributed by atoms with Crippen LogP contribution in [0.3, 0.4) is 0 Å². The number of halogens is 3. The molecule has 2 aromatic rings. The Kier molecular flexibility index (Phi) is 7.75. The van der Waals surface area contributed by atoms with Crippen molar-refractivity contribution in [1.82, 2.24) is 9.79 Å². The summed E-state index contributed by atoms with van der Waals surface area (Å²) >= 11 is 0. The number of carbonyl (C=O) groups is 2. The molecule has 3 rings (SSSR count). The molecule has 12 heteroatoms. The Bertz CT molecular complexity index is 1200. The fourth-order valence-electron chi connectivity index (χ4n) is 3.12. The minimum atomic E-state index is -4.65. The van der Waals surface area contributed by atoms with Gasteiger partial charge in [-0.15, -0.1) is 0 Å². The van der Waals surface area contributed by atoms with E-state index in [4.69, 9.17) is 4.84 Å². The molecule has 0 aromatic heterocycles. The molecular formula is C22H22F3N3O5S. The summed E-state index contributed by atoms with van der Waals surface area (Å²) in [7, 11) is -4.11. The lowest BCUT2D eigenvalue weighted by molar-refractivity contribution is -0.137. The summed E-state index contributed by atoms with van der Waals surface area (Å²) in [6.45, 7) is 1.06. The Hall–Kier alpha value is -3.22. The largest absolute Gasteiger partial charge is 0.416 e. The average molecular weight is 497 g/mol. The molecule has 8 nitrogen and oxygen atoms in total. The Balaban J connectivity index is 1.50. The third-order valence-corrected chi connectivity index (χ3v) is 6.81. The van der Waals surface area contributed by atoms with E-state index >= 15 is 0 Å². The molecule has 0 atom stereocenters. The van der Waals surface area contributed by atoms with Gasteiger partial charge < -0.3 is 5.32 Å². The molecule has 1 aliphatic rings. The van der Waals surface area contributed by atoms with Gasteiger partial charge in [-0.1, -0.05) is 6.07 Å². The van der Waals surface area contributed by atoms with Crippen LogP contribution in [-0.4, -0.2) is 44.1 Å². The molecule has 1 heterocycles. The van der Waals surface area contributed by atoms with Crippen molar-refractivity contribution in [2.45, 2.75) is 24.4 Å². The molecule has 0 bridgehead atoms. The van der Waals surface area contributed by atoms with Crippen molar-refractivity contribution < 1.29 is 36.0 Å². The summed E-state index contributed by atoms with van der Waals surface area (Å²) in [6, 6.07) is 9.95. The van der Waals surface area contributed by atoms with Gasteiger partial charge in [-0.25, -0.2) is 8.42 Å². The second kappa shape index (κ2) is 10.4. The van der Waals surface area contributed by atoms with Crippen LogP contribution in [0.15, 0.2) is 65.2 Å². The zero-order valence-electron chi connectivity index (χ0n) is 18.1. The Morgan fingerprint density at radius 1 is 1.12 bits per heavy atom. The Morgan fingerprint density at radius 2 is 1.82 bits per heavy atom. The number of carbonyl (C=O) groups excluding carboxylic acids is 2. The number of hydrogen-bond acceptors (Lipinski definition) is 6. The zero-order chi connectivity index (χ0) is 24.9. The summed E-state index contributed by atoms with van der Waals surface area (Å²) in [5.41, 5.74) is 3.10. The lowest BCUT2D eigenvalue weighted by atomic mass is 10.1. The van der Waals surface area contributed by atoms with Gasteiger partial charge in [0.15, 0.2) is 12.4 Å². The van der Waals surface area contributed by atoms with Crippen LogP contribution >= 0.6 is 0 Å². The average Bonchev–Trinajstić information content (AvgIpc) is 2.79. The molecule has 2 N–H and O–H groups in total. The number of benzene rings is 2. The fourth-order valence-corrected chi connectivity index (χ4v) is 4.55. The SMILES string of the molecule is CC(=O)c1ccc(NC(=O)CONC2=CCN(S(=O)(=O)c3cccc(C(F)(F)F)c3)CC2)cc1. The zero-order valence-corrected chi connectivity index (χ0v) is 18.9. The molecule has 0 unspecified atom stereocenters. The first-order chi connectivity index (χ1) is 16.0. The molecule has 0 fully saturated rings. The van der Waals surface area contributed by atoms with Gasteiger partial charge in [0.05, 0.1) is 10.5 Å². The van der Waals surface area contributed by atoms with Crippen molar-refractivity contribution in [1.29, 1.82) is 0 Å². The van der Waals surface area contributed by atoms with Crippen LogP contribution in [0, 0.1) is 0 Å². The van der Waals surface area contributed by atoms with Gasteiger partial charge >= 0.3 is 6.18 Å². The summed E-state index contributed by atoms with van der Waals surface area (Å²) < 4.78 is 65.2. The predicted molar refractivity (Wildman–Crippen MR) is 117 cm³/mol. The van der Waals surface area contributed by atoms with Crippen molar-refractivity contribution >= 4 is 27.4 Å². The maximum atomic E-state index is 12.9. The first-order valence-corrected chi connectivity index (χ1v) is 11.6. The molecule has 1 aliphatic heterocycles. The lowest BCUT2D eigenvalue weighted by Gasteiger charge is -2.26. The quantitative estimate of drug-likeness (QED) is 0.428. The van der Waals surface area contributed by atoms with Gasteiger partial charge in [0.25, 0.3) is 5.91 Å². The number of sulfonamides is 1. The first-order valence-electron chi connectivity index (χ1n) is 10.1. The number of nitrogens with zero attached hydrogens (tertiary/aromatic N) is 1. The third-order valence-electron chi connectivity index (χ3n) is 4.95. The predicted octanol–water partition coefficient (Wildman–Crippen LogP) is 3.35. The lowest BCUT2D eigenvalue weighted by Crippen LogP contribution is -2.37. The van der Waals surface area contributed by atoms with Gasteiger partial charge in [0.2, 0.25) is 10.0 Å². The van der Waals surface area contributed by atoms with E-state index in [9.17, 15) is 31.2 Å². The van der Waals surface area contributed by atoms with Crippen LogP contribution in [0.4, 0.5) is 18.9 Å². The van der Waals surface area contributed by atoms with E-state index in [1.54, 1.807) is 24.3 Å². The van der Waals surface area contributed by atoms with Gasteiger partial charge in [0.1, 0.15) is 0 Å². The monoisotopic (exact) mass is 497 g/mol. The molecule has 2 aromatic carbocycles. The van der Waals surface area contributed by atoms with E-state index in [2.05, 4.69) is 10.8 Å². The number of ketones is 1. The maximum Gasteiger partial charge on any atom is 0.416 e. The number of alkyl halides is 3. The van der Waals surface area contributed by atoms with E-state index in [1.807, 2.05) is 0 Å². The van der Waals surface area contributed by atoms with Gasteiger partial charge in [-0.3, -0.25) is 19.9 Å². The van der Waals surface area contributed by atoms with Crippen molar-refractivity contribution in [3.8, 4) is 0 Å². The topological polar surface area (TPSA) is 105 Å². The molecule has 0 saturated carbocycles. The summed E-state index contributed by atoms with van der Waals surface area (Å²) in [6.07, 6.45) is -2.91. The highest BCUT2D eigenvalue weighted by molar-refractivity contribution is 7.89. The second-order valence-corrected chi connectivity index (χ2v) is 9.38. The van der Waals surface area contributed by atoms with Gasteiger partial charge in [0, 0.05) is 36.5 Å². The van der Waals surface area contributed by atoms with Crippen LogP contribution < -0.4 is 10.8 Å². The molecule has 0 aliphatic carbocycles. The van der Waals surface area contributed by atoms with Crippen molar-refractivity contribution in [2.24, 2.45) is 0 Å². The minimum absolute atomic E-state index is 0.0233. The van der Waals surface area contributed by atoms with Crippen LogP contribution in [0.1, 0.15) is 29.3 Å². The molecule has 0 saturated heterocycles. The highest BCUT2D eigenvalue weighted by Crippen LogP contribution is 2.31. The number of Topliss-reactive ketones (excluding diaryl/α,β-unsaturated/α-hetero) is 1. The Labute approximate surface area is 194 Å². The number of hydrogen-bond donors (Lipinski definition) is 2. The number of amides is 1. The van der Waals surface area contributed by atoms with E-state index in [0.29, 0.717) is 23.0 Å². The Morgan fingerprint density at radius 3 is 2.41 bits per heavy atom. The number of nitrogens with one attached hydrogen (secondary N) is 2. The molecule has 0 radical (unpaired) electrons. The smallest absolute Gasteiger partial charge is 0.324 e. The molecular weight excluding hydrogens is 475 g/mol. The van der Waals surface area contributed by atoms with Crippen molar-refractivity contribution in [2.75, 3.05) is 25.0 Å². The second-order valence-electron chi connectivity index (χ2n) is 7.44. The van der Waals surface area contributed by atoms with Crippen LogP contribution in [0.25, 0.3) is 0 Å². The van der Waals surface area contributed by atoms with Crippen molar-refractivity contribution in [3.63, 3.8) is 0 Å². The molecule has 0 spiro atoms. The van der Waals surface area contributed by atoms with Crippen molar-refractivity contribution in [3.05, 3.63) is 71.4 Å². The molecule has 34 heavy (non-hydrogen) atoms. The van der Waals surface area contributed by atoms with Crippen LogP contribution in [0.5, 0.6) is 0 Å². The van der Waals surface area contributed by atoms with E-state index in [-0.39, 0.29) is 31.9 Å². The summed E-state index contributed by atoms with van der Waals surface area (Å²) in [4.78, 5) is 28.0. The third kappa shape index (κ3) is 6.43.